The topological polar surface area (TPSA) is 101 Å². The van der Waals surface area contributed by atoms with E-state index in [2.05, 4.69) is 9.71 Å². The molecule has 0 amide bonds. The first-order valence-electron chi connectivity index (χ1n) is 6.29. The summed E-state index contributed by atoms with van der Waals surface area (Å²) in [4.78, 5) is 15.2. The van der Waals surface area contributed by atoms with Crippen LogP contribution >= 0.6 is 11.3 Å². The number of nitrogens with zero attached hydrogens (tertiary/aromatic N) is 2. The summed E-state index contributed by atoms with van der Waals surface area (Å²) >= 11 is 1.38. The second-order valence-corrected chi connectivity index (χ2v) is 7.29. The molecular formula is C12H13N3O4S2. The lowest BCUT2D eigenvalue weighted by Gasteiger charge is -2.03. The Balaban J connectivity index is 1.84. The molecule has 1 aliphatic carbocycles. The fourth-order valence-electron chi connectivity index (χ4n) is 2.00. The number of hydrogen-bond donors (Lipinski definition) is 2. The van der Waals surface area contributed by atoms with Crippen molar-refractivity contribution in [3.8, 4) is 0 Å². The minimum atomic E-state index is -3.75. The van der Waals surface area contributed by atoms with Gasteiger partial charge in [-0.3, -0.25) is 0 Å². The van der Waals surface area contributed by atoms with Crippen molar-refractivity contribution >= 4 is 27.3 Å². The third-order valence-electron chi connectivity index (χ3n) is 3.22. The monoisotopic (exact) mass is 327 g/mol. The van der Waals surface area contributed by atoms with Gasteiger partial charge in [0.15, 0.2) is 0 Å². The average Bonchev–Trinajstić information content (AvgIpc) is 2.97. The van der Waals surface area contributed by atoms with Crippen LogP contribution in [0, 0.1) is 0 Å². The van der Waals surface area contributed by atoms with E-state index < -0.39 is 16.0 Å². The quantitative estimate of drug-likeness (QED) is 0.836. The molecule has 21 heavy (non-hydrogen) atoms. The van der Waals surface area contributed by atoms with Crippen molar-refractivity contribution in [2.45, 2.75) is 30.3 Å². The first kappa shape index (κ1) is 14.2. The van der Waals surface area contributed by atoms with Crippen molar-refractivity contribution in [3.05, 3.63) is 34.5 Å². The number of aromatic nitrogens is 2. The van der Waals surface area contributed by atoms with E-state index in [1.54, 1.807) is 10.9 Å². The molecule has 2 heterocycles. The Kier molecular flexibility index (Phi) is 3.56. The zero-order valence-electron chi connectivity index (χ0n) is 10.9. The van der Waals surface area contributed by atoms with E-state index in [9.17, 15) is 13.2 Å². The Morgan fingerprint density at radius 3 is 2.86 bits per heavy atom. The fourth-order valence-corrected chi connectivity index (χ4v) is 3.59. The smallest absolute Gasteiger partial charge is 0.352 e. The number of sulfonamides is 1. The van der Waals surface area contributed by atoms with Gasteiger partial charge in [0.2, 0.25) is 10.0 Å². The van der Waals surface area contributed by atoms with Crippen LogP contribution in [0.25, 0.3) is 0 Å². The van der Waals surface area contributed by atoms with Gasteiger partial charge in [-0.05, 0) is 18.9 Å². The summed E-state index contributed by atoms with van der Waals surface area (Å²) in [6.07, 6.45) is 3.14. The standard InChI is InChI=1S/C12H13N3O4S2/c16-12(17)11-3-10(5-15(11)9-1-2-9)21(18,19)14-4-8-6-20-7-13-8/h3,5-7,9,14H,1-2,4H2,(H,16,17). The highest BCUT2D eigenvalue weighted by Crippen LogP contribution is 2.37. The van der Waals surface area contributed by atoms with E-state index in [0.717, 1.165) is 12.8 Å². The molecule has 2 aromatic rings. The molecule has 0 unspecified atom stereocenters. The number of aromatic carboxylic acids is 1. The molecule has 2 N–H and O–H groups in total. The lowest BCUT2D eigenvalue weighted by molar-refractivity contribution is 0.0685. The largest absolute Gasteiger partial charge is 0.477 e. The molecule has 9 heteroatoms. The molecule has 0 saturated heterocycles. The van der Waals surface area contributed by atoms with Crippen LogP contribution in [0.2, 0.25) is 0 Å². The SMILES string of the molecule is O=C(O)c1cc(S(=O)(=O)NCc2cscn2)cn1C1CC1. The average molecular weight is 327 g/mol. The van der Waals surface area contributed by atoms with Gasteiger partial charge in [-0.15, -0.1) is 11.3 Å². The summed E-state index contributed by atoms with van der Waals surface area (Å²) < 4.78 is 28.4. The van der Waals surface area contributed by atoms with Gasteiger partial charge in [0, 0.05) is 17.6 Å². The maximum atomic E-state index is 12.2. The Morgan fingerprint density at radius 2 is 2.29 bits per heavy atom. The maximum Gasteiger partial charge on any atom is 0.352 e. The van der Waals surface area contributed by atoms with Crippen LogP contribution in [0.3, 0.4) is 0 Å². The number of thiazole rings is 1. The van der Waals surface area contributed by atoms with E-state index in [1.807, 2.05) is 0 Å². The molecular weight excluding hydrogens is 314 g/mol. The Labute approximate surface area is 125 Å². The van der Waals surface area contributed by atoms with Gasteiger partial charge in [-0.2, -0.15) is 0 Å². The Hall–Kier alpha value is -1.71. The summed E-state index contributed by atoms with van der Waals surface area (Å²) in [6, 6.07) is 1.29. The second-order valence-electron chi connectivity index (χ2n) is 4.81. The zero-order valence-corrected chi connectivity index (χ0v) is 12.5. The molecule has 1 saturated carbocycles. The van der Waals surface area contributed by atoms with Gasteiger partial charge in [-0.25, -0.2) is 22.9 Å². The maximum absolute atomic E-state index is 12.2. The van der Waals surface area contributed by atoms with Crippen molar-refractivity contribution < 1.29 is 18.3 Å². The van der Waals surface area contributed by atoms with E-state index >= 15 is 0 Å². The molecule has 1 fully saturated rings. The molecule has 3 rings (SSSR count). The molecule has 0 aromatic carbocycles. The molecule has 0 atom stereocenters. The van der Waals surface area contributed by atoms with E-state index in [0.29, 0.717) is 5.69 Å². The second kappa shape index (κ2) is 5.24. The van der Waals surface area contributed by atoms with Crippen LogP contribution in [0.1, 0.15) is 35.1 Å². The number of hydrogen-bond acceptors (Lipinski definition) is 5. The molecule has 7 nitrogen and oxygen atoms in total. The summed E-state index contributed by atoms with van der Waals surface area (Å²) in [6.45, 7) is 0.0862. The first-order chi connectivity index (χ1) is 9.97. The van der Waals surface area contributed by atoms with Gasteiger partial charge in [0.1, 0.15) is 10.6 Å². The molecule has 0 bridgehead atoms. The summed E-state index contributed by atoms with van der Waals surface area (Å²) in [5, 5.41) is 10.9. The van der Waals surface area contributed by atoms with Crippen LogP contribution in [0.5, 0.6) is 0 Å². The van der Waals surface area contributed by atoms with Crippen LogP contribution in [-0.4, -0.2) is 29.0 Å². The number of rotatable bonds is 6. The normalized spacial score (nSPS) is 15.2. The van der Waals surface area contributed by atoms with Crippen LogP contribution in [0.15, 0.2) is 28.0 Å². The van der Waals surface area contributed by atoms with Gasteiger partial charge in [-0.1, -0.05) is 0 Å². The van der Waals surface area contributed by atoms with Crippen LogP contribution < -0.4 is 4.72 Å². The predicted molar refractivity (Wildman–Crippen MR) is 75.8 cm³/mol. The van der Waals surface area contributed by atoms with Crippen molar-refractivity contribution in [2.24, 2.45) is 0 Å². The van der Waals surface area contributed by atoms with Crippen molar-refractivity contribution in [2.75, 3.05) is 0 Å². The Bertz CT molecular complexity index is 761. The van der Waals surface area contributed by atoms with Gasteiger partial charge >= 0.3 is 5.97 Å². The number of carboxylic acids is 1. The lowest BCUT2D eigenvalue weighted by atomic mass is 10.4. The highest BCUT2D eigenvalue weighted by molar-refractivity contribution is 7.89. The first-order valence-corrected chi connectivity index (χ1v) is 8.72. The molecule has 0 aliphatic heterocycles. The van der Waals surface area contributed by atoms with E-state index in [1.165, 1.54) is 28.2 Å². The van der Waals surface area contributed by atoms with Crippen molar-refractivity contribution in [3.63, 3.8) is 0 Å². The Morgan fingerprint density at radius 1 is 1.52 bits per heavy atom. The minimum Gasteiger partial charge on any atom is -0.477 e. The van der Waals surface area contributed by atoms with Crippen LogP contribution in [0.4, 0.5) is 0 Å². The van der Waals surface area contributed by atoms with Gasteiger partial charge < -0.3 is 9.67 Å². The van der Waals surface area contributed by atoms with E-state index in [-0.39, 0.29) is 23.2 Å². The highest BCUT2D eigenvalue weighted by atomic mass is 32.2. The van der Waals surface area contributed by atoms with Crippen molar-refractivity contribution in [1.29, 1.82) is 0 Å². The summed E-state index contributed by atoms with van der Waals surface area (Å²) in [5.41, 5.74) is 2.26. The molecule has 0 spiro atoms. The molecule has 112 valence electrons. The third-order valence-corrected chi connectivity index (χ3v) is 5.22. The van der Waals surface area contributed by atoms with Gasteiger partial charge in [0.05, 0.1) is 17.7 Å². The predicted octanol–water partition coefficient (Wildman–Crippen LogP) is 1.46. The third kappa shape index (κ3) is 2.99. The lowest BCUT2D eigenvalue weighted by Crippen LogP contribution is -2.23. The molecule has 1 aliphatic rings. The molecule has 2 aromatic heterocycles. The number of nitrogens with one attached hydrogen (secondary N) is 1. The fraction of sp³-hybridized carbons (Fsp3) is 0.333. The van der Waals surface area contributed by atoms with E-state index in [4.69, 9.17) is 5.11 Å². The zero-order chi connectivity index (χ0) is 15.0. The van der Waals surface area contributed by atoms with Crippen molar-refractivity contribution in [1.82, 2.24) is 14.3 Å². The molecule has 0 radical (unpaired) electrons. The highest BCUT2D eigenvalue weighted by Gasteiger charge is 2.30. The number of carboxylic acid groups (broad SMARTS) is 1. The number of carbonyl (C=O) groups is 1. The van der Waals surface area contributed by atoms with Gasteiger partial charge in [0.25, 0.3) is 0 Å². The summed E-state index contributed by atoms with van der Waals surface area (Å²) in [5.74, 6) is -1.12. The van der Waals surface area contributed by atoms with Crippen LogP contribution in [-0.2, 0) is 16.6 Å². The minimum absolute atomic E-state index is 0.00605. The summed E-state index contributed by atoms with van der Waals surface area (Å²) in [7, 11) is -3.75.